The number of anilines is 1. The van der Waals surface area contributed by atoms with Crippen molar-refractivity contribution in [3.05, 3.63) is 65.5 Å². The number of likely N-dealkylation sites (N-methyl/N-ethyl adjacent to an activating group) is 1. The second-order valence-electron chi connectivity index (χ2n) is 8.31. The Morgan fingerprint density at radius 2 is 1.94 bits per heavy atom. The second kappa shape index (κ2) is 6.28. The summed E-state index contributed by atoms with van der Waals surface area (Å²) < 4.78 is 0. The van der Waals surface area contributed by atoms with E-state index in [2.05, 4.69) is 39.0 Å². The largest absolute Gasteiger partial charge is 0.378 e. The second-order valence-corrected chi connectivity index (χ2v) is 8.31. The Labute approximate surface area is 177 Å². The molecule has 0 saturated carbocycles. The van der Waals surface area contributed by atoms with Crippen LogP contribution < -0.4 is 10.6 Å². The normalized spacial score (nSPS) is 20.1. The summed E-state index contributed by atoms with van der Waals surface area (Å²) in [6.07, 6.45) is 2.85. The van der Waals surface area contributed by atoms with Gasteiger partial charge in [-0.2, -0.15) is 5.10 Å². The highest BCUT2D eigenvalue weighted by atomic mass is 16.2. The monoisotopic (exact) mass is 412 g/mol. The van der Waals surface area contributed by atoms with Gasteiger partial charge in [0.15, 0.2) is 0 Å². The number of imide groups is 1. The number of hydrogen-bond donors (Lipinski definition) is 3. The SMILES string of the molecule is CN1C(=O)NC(=O)C12Cc1cc3ccc(CNc4cccc5cn[nH]c45)nc3cc1C2. The number of carbonyl (C=O) groups excluding carboxylic acids is 2. The molecule has 0 radical (unpaired) electrons. The Bertz CT molecular complexity index is 1390. The van der Waals surface area contributed by atoms with Crippen LogP contribution in [0, 0.1) is 0 Å². The van der Waals surface area contributed by atoms with Gasteiger partial charge in [-0.15, -0.1) is 0 Å². The summed E-state index contributed by atoms with van der Waals surface area (Å²) >= 11 is 0. The molecule has 8 heteroatoms. The number of para-hydroxylation sites is 1. The molecule has 1 atom stereocenters. The minimum absolute atomic E-state index is 0.217. The predicted octanol–water partition coefficient (Wildman–Crippen LogP) is 2.74. The lowest BCUT2D eigenvalue weighted by atomic mass is 9.95. The maximum Gasteiger partial charge on any atom is 0.324 e. The minimum atomic E-state index is -0.816. The van der Waals surface area contributed by atoms with Crippen molar-refractivity contribution in [1.29, 1.82) is 0 Å². The van der Waals surface area contributed by atoms with Crippen LogP contribution in [0.3, 0.4) is 0 Å². The molecule has 0 bridgehead atoms. The molecular weight excluding hydrogens is 392 g/mol. The first-order valence-corrected chi connectivity index (χ1v) is 10.2. The van der Waals surface area contributed by atoms with Crippen molar-refractivity contribution in [3.8, 4) is 0 Å². The van der Waals surface area contributed by atoms with Crippen LogP contribution in [0.4, 0.5) is 10.5 Å². The fraction of sp³-hybridized carbons (Fsp3) is 0.217. The zero-order chi connectivity index (χ0) is 21.2. The molecular formula is C23H20N6O2. The highest BCUT2D eigenvalue weighted by Gasteiger charge is 2.54. The zero-order valence-corrected chi connectivity index (χ0v) is 16.9. The maximum atomic E-state index is 12.5. The number of pyridine rings is 1. The van der Waals surface area contributed by atoms with Crippen LogP contribution in [0.15, 0.2) is 48.7 Å². The molecule has 8 nitrogen and oxygen atoms in total. The van der Waals surface area contributed by atoms with Gasteiger partial charge in [0, 0.05) is 30.7 Å². The van der Waals surface area contributed by atoms with Crippen molar-refractivity contribution >= 4 is 39.4 Å². The maximum absolute atomic E-state index is 12.5. The van der Waals surface area contributed by atoms with E-state index in [9.17, 15) is 9.59 Å². The number of carbonyl (C=O) groups is 2. The van der Waals surface area contributed by atoms with Crippen molar-refractivity contribution in [2.24, 2.45) is 0 Å². The quantitative estimate of drug-likeness (QED) is 0.449. The van der Waals surface area contributed by atoms with E-state index in [1.54, 1.807) is 18.1 Å². The van der Waals surface area contributed by atoms with E-state index in [0.717, 1.165) is 44.3 Å². The summed E-state index contributed by atoms with van der Waals surface area (Å²) in [5.41, 5.74) is 5.12. The number of aromatic amines is 1. The van der Waals surface area contributed by atoms with Crippen LogP contribution in [0.2, 0.25) is 0 Å². The lowest BCUT2D eigenvalue weighted by Crippen LogP contribution is -2.48. The molecule has 4 aromatic rings. The highest BCUT2D eigenvalue weighted by Crippen LogP contribution is 2.38. The lowest BCUT2D eigenvalue weighted by Gasteiger charge is -2.27. The molecule has 154 valence electrons. The molecule has 31 heavy (non-hydrogen) atoms. The Morgan fingerprint density at radius 3 is 2.74 bits per heavy atom. The van der Waals surface area contributed by atoms with Crippen molar-refractivity contribution < 1.29 is 9.59 Å². The average molecular weight is 412 g/mol. The number of fused-ring (bicyclic) bond motifs is 3. The first-order valence-electron chi connectivity index (χ1n) is 10.2. The molecule has 3 N–H and O–H groups in total. The fourth-order valence-electron chi connectivity index (χ4n) is 4.77. The third-order valence-corrected chi connectivity index (χ3v) is 6.56. The summed E-state index contributed by atoms with van der Waals surface area (Å²) in [5.74, 6) is -0.217. The third kappa shape index (κ3) is 2.61. The molecule has 1 unspecified atom stereocenters. The number of H-pyrrole nitrogens is 1. The molecule has 1 aliphatic heterocycles. The van der Waals surface area contributed by atoms with Gasteiger partial charge in [-0.05, 0) is 35.4 Å². The Kier molecular flexibility index (Phi) is 3.62. The molecule has 3 amide bonds. The number of amides is 3. The van der Waals surface area contributed by atoms with E-state index in [4.69, 9.17) is 4.98 Å². The molecule has 1 aliphatic carbocycles. The van der Waals surface area contributed by atoms with Crippen LogP contribution in [0.5, 0.6) is 0 Å². The summed E-state index contributed by atoms with van der Waals surface area (Å²) in [7, 11) is 1.69. The summed E-state index contributed by atoms with van der Waals surface area (Å²) in [4.78, 5) is 30.9. The lowest BCUT2D eigenvalue weighted by molar-refractivity contribution is -0.125. The molecule has 3 heterocycles. The fourth-order valence-corrected chi connectivity index (χ4v) is 4.77. The predicted molar refractivity (Wildman–Crippen MR) is 117 cm³/mol. The zero-order valence-electron chi connectivity index (χ0n) is 16.9. The minimum Gasteiger partial charge on any atom is -0.378 e. The number of nitrogens with one attached hydrogen (secondary N) is 3. The van der Waals surface area contributed by atoms with Gasteiger partial charge < -0.3 is 10.2 Å². The first kappa shape index (κ1) is 17.9. The smallest absolute Gasteiger partial charge is 0.324 e. The van der Waals surface area contributed by atoms with Gasteiger partial charge in [0.2, 0.25) is 0 Å². The number of hydrogen-bond acceptors (Lipinski definition) is 5. The molecule has 1 fully saturated rings. The number of benzene rings is 2. The topological polar surface area (TPSA) is 103 Å². The summed E-state index contributed by atoms with van der Waals surface area (Å²) in [5, 5.41) is 15.1. The molecule has 2 aliphatic rings. The highest BCUT2D eigenvalue weighted by molar-refractivity contribution is 6.08. The van der Waals surface area contributed by atoms with Gasteiger partial charge in [-0.3, -0.25) is 20.2 Å². The van der Waals surface area contributed by atoms with E-state index in [1.807, 2.05) is 24.3 Å². The van der Waals surface area contributed by atoms with E-state index in [-0.39, 0.29) is 11.9 Å². The van der Waals surface area contributed by atoms with Crippen LogP contribution in [-0.2, 0) is 24.2 Å². The average Bonchev–Trinajstić information content (AvgIpc) is 3.44. The van der Waals surface area contributed by atoms with Gasteiger partial charge in [0.1, 0.15) is 5.54 Å². The van der Waals surface area contributed by atoms with Gasteiger partial charge in [0.05, 0.1) is 35.2 Å². The molecule has 6 rings (SSSR count). The molecule has 1 saturated heterocycles. The Balaban J connectivity index is 1.29. The van der Waals surface area contributed by atoms with E-state index >= 15 is 0 Å². The van der Waals surface area contributed by atoms with Crippen molar-refractivity contribution in [2.75, 3.05) is 12.4 Å². The number of aromatic nitrogens is 3. The standard InChI is InChI=1S/C23H20N6O2/c1-29-22(31)27-21(30)23(29)9-15-7-13-5-6-17(26-19(13)8-16(15)10-23)12-24-18-4-2-3-14-11-25-28-20(14)18/h2-8,11,24H,9-10,12H2,1H3,(H,25,28)(H,27,30,31). The van der Waals surface area contributed by atoms with Gasteiger partial charge in [-0.1, -0.05) is 18.2 Å². The van der Waals surface area contributed by atoms with Crippen molar-refractivity contribution in [1.82, 2.24) is 25.4 Å². The summed E-state index contributed by atoms with van der Waals surface area (Å²) in [6.45, 7) is 0.578. The van der Waals surface area contributed by atoms with Crippen LogP contribution >= 0.6 is 0 Å². The van der Waals surface area contributed by atoms with Crippen LogP contribution in [-0.4, -0.2) is 44.6 Å². The van der Waals surface area contributed by atoms with Gasteiger partial charge in [0.25, 0.3) is 5.91 Å². The van der Waals surface area contributed by atoms with Crippen LogP contribution in [0.1, 0.15) is 16.8 Å². The van der Waals surface area contributed by atoms with Crippen molar-refractivity contribution in [2.45, 2.75) is 24.9 Å². The third-order valence-electron chi connectivity index (χ3n) is 6.56. The number of nitrogens with zero attached hydrogens (tertiary/aromatic N) is 3. The van der Waals surface area contributed by atoms with Crippen LogP contribution in [0.25, 0.3) is 21.8 Å². The molecule has 2 aromatic carbocycles. The summed E-state index contributed by atoms with van der Waals surface area (Å²) in [6, 6.07) is 13.9. The van der Waals surface area contributed by atoms with Crippen molar-refractivity contribution in [3.63, 3.8) is 0 Å². The van der Waals surface area contributed by atoms with E-state index < -0.39 is 5.54 Å². The Morgan fingerprint density at radius 1 is 1.10 bits per heavy atom. The van der Waals surface area contributed by atoms with Gasteiger partial charge >= 0.3 is 6.03 Å². The van der Waals surface area contributed by atoms with Gasteiger partial charge in [-0.25, -0.2) is 4.79 Å². The Hall–Kier alpha value is -3.94. The molecule has 2 aromatic heterocycles. The first-order chi connectivity index (χ1) is 15.0. The molecule has 1 spiro atoms. The number of urea groups is 1. The number of rotatable bonds is 3. The van der Waals surface area contributed by atoms with E-state index in [1.165, 1.54) is 0 Å². The van der Waals surface area contributed by atoms with E-state index in [0.29, 0.717) is 19.4 Å².